The summed E-state index contributed by atoms with van der Waals surface area (Å²) in [6.45, 7) is 3.71. The van der Waals surface area contributed by atoms with E-state index in [0.29, 0.717) is 20.2 Å². The molecule has 14 heteroatoms. The van der Waals surface area contributed by atoms with Crippen LogP contribution >= 0.6 is 79.4 Å². The van der Waals surface area contributed by atoms with Gasteiger partial charge >= 0.3 is 0 Å². The summed E-state index contributed by atoms with van der Waals surface area (Å²) >= 11 is 10.7. The summed E-state index contributed by atoms with van der Waals surface area (Å²) in [4.78, 5) is 34.6. The van der Waals surface area contributed by atoms with Gasteiger partial charge in [0.2, 0.25) is 0 Å². The molecule has 0 bridgehead atoms. The van der Waals surface area contributed by atoms with E-state index in [0.717, 1.165) is 56.5 Å². The first-order valence-corrected chi connectivity index (χ1v) is 22.1. The van der Waals surface area contributed by atoms with Crippen LogP contribution in [0.25, 0.3) is 42.8 Å². The van der Waals surface area contributed by atoms with Crippen LogP contribution in [-0.4, -0.2) is 22.8 Å². The Kier molecular flexibility index (Phi) is 9.91. The minimum Gasteiger partial charge on any atom is -0.272 e. The fourth-order valence-electron chi connectivity index (χ4n) is 5.98. The number of thiophene rings is 7. The van der Waals surface area contributed by atoms with Gasteiger partial charge in [-0.1, -0.05) is 0 Å². The highest BCUT2D eigenvalue weighted by Crippen LogP contribution is 2.49. The van der Waals surface area contributed by atoms with Crippen LogP contribution in [0.2, 0.25) is 0 Å². The van der Waals surface area contributed by atoms with Crippen LogP contribution in [0, 0.1) is 63.5 Å². The molecular weight excluding hydrogens is 819 g/mol. The number of amides is 2. The number of carbonyl (C=O) groups is 2. The monoisotopic (exact) mass is 839 g/mol. The molecule has 7 aromatic rings. The van der Waals surface area contributed by atoms with E-state index in [1.807, 2.05) is 98.8 Å². The third-order valence-corrected chi connectivity index (χ3v) is 16.7. The van der Waals surface area contributed by atoms with Crippen molar-refractivity contribution in [2.24, 2.45) is 0 Å². The van der Waals surface area contributed by atoms with Crippen LogP contribution < -0.4 is 18.1 Å². The van der Waals surface area contributed by atoms with Gasteiger partial charge < -0.3 is 0 Å². The summed E-state index contributed by atoms with van der Waals surface area (Å²) in [6, 6.07) is 31.3. The van der Waals surface area contributed by atoms with Crippen LogP contribution in [0.1, 0.15) is 44.3 Å². The van der Waals surface area contributed by atoms with E-state index in [2.05, 4.69) is 12.2 Å². The Morgan fingerprint density at radius 1 is 0.527 bits per heavy atom. The highest BCUT2D eigenvalue weighted by Gasteiger charge is 2.43. The Bertz CT molecular complexity index is 3120. The van der Waals surface area contributed by atoms with E-state index in [1.54, 1.807) is 57.5 Å². The number of imide groups is 1. The maximum absolute atomic E-state index is 13.9. The molecule has 1 aliphatic rings. The Labute approximate surface area is 341 Å². The standard InChI is InChI=1S/C41H21N5O2S7/c1-21(2)46-40(47)36-37(41(46)48)39(35-10-6-27(52-35)16-25-4-8-31(50-25)33-14-12-29(54-33)23(19-44)20-45)55-38(36)34-9-5-26(51-34)15-24-3-7-30(49-24)32-13-11-28(53-32)22(17-42)18-43/h3-16,21H,1-2H3/b24-15-,25-16-,32-30+,33-31+. The molecular formula is C41H21N5O2S7. The number of nitrogens with zero attached hydrogens (tertiary/aromatic N) is 5. The van der Waals surface area contributed by atoms with Crippen molar-refractivity contribution in [3.63, 3.8) is 0 Å². The lowest BCUT2D eigenvalue weighted by Gasteiger charge is -2.18. The second-order valence-corrected chi connectivity index (χ2v) is 19.9. The highest BCUT2D eigenvalue weighted by atomic mass is 32.1. The number of carbonyl (C=O) groups excluding carboxylic acids is 2. The zero-order valence-electron chi connectivity index (χ0n) is 28.6. The van der Waals surface area contributed by atoms with E-state index in [1.165, 1.54) is 38.9 Å². The van der Waals surface area contributed by atoms with Crippen LogP contribution in [0.4, 0.5) is 0 Å². The number of rotatable bonds is 5. The molecule has 8 heterocycles. The lowest BCUT2D eigenvalue weighted by molar-refractivity contribution is 0.0609. The summed E-state index contributed by atoms with van der Waals surface area (Å²) in [5, 5.41) is 37.0. The predicted molar refractivity (Wildman–Crippen MR) is 224 cm³/mol. The number of hydrogen-bond donors (Lipinski definition) is 0. The molecule has 55 heavy (non-hydrogen) atoms. The number of hydrogen-bond acceptors (Lipinski definition) is 13. The largest absolute Gasteiger partial charge is 0.272 e. The molecule has 1 aliphatic heterocycles. The van der Waals surface area contributed by atoms with Gasteiger partial charge in [0.1, 0.15) is 35.4 Å². The average Bonchev–Trinajstić information content (AvgIpc) is 4.02. The Morgan fingerprint density at radius 2 is 0.927 bits per heavy atom. The second kappa shape index (κ2) is 15.0. The molecule has 0 N–H and O–H groups in total. The molecule has 7 aromatic heterocycles. The third kappa shape index (κ3) is 6.76. The fourth-order valence-corrected chi connectivity index (χ4v) is 13.6. The van der Waals surface area contributed by atoms with E-state index in [4.69, 9.17) is 0 Å². The molecule has 0 aliphatic carbocycles. The minimum absolute atomic E-state index is 0.107. The smallest absolute Gasteiger partial charge is 0.263 e. The molecule has 0 saturated carbocycles. The molecule has 264 valence electrons. The van der Waals surface area contributed by atoms with Gasteiger partial charge in [0.25, 0.3) is 11.8 Å². The summed E-state index contributed by atoms with van der Waals surface area (Å²) in [6.07, 6.45) is 4.20. The fraction of sp³-hybridized carbons (Fsp3) is 0.0732. The van der Waals surface area contributed by atoms with Crippen LogP contribution in [0.15, 0.2) is 72.8 Å². The molecule has 8 rings (SSSR count). The van der Waals surface area contributed by atoms with E-state index < -0.39 is 0 Å². The van der Waals surface area contributed by atoms with Gasteiger partial charge in [-0.2, -0.15) is 21.0 Å². The van der Waals surface area contributed by atoms with Gasteiger partial charge in [-0.25, -0.2) is 0 Å². The van der Waals surface area contributed by atoms with E-state index in [-0.39, 0.29) is 29.0 Å². The first kappa shape index (κ1) is 36.5. The van der Waals surface area contributed by atoms with Gasteiger partial charge in [-0.3, -0.25) is 14.5 Å². The van der Waals surface area contributed by atoms with Crippen molar-refractivity contribution in [2.75, 3.05) is 0 Å². The van der Waals surface area contributed by atoms with Crippen molar-refractivity contribution >= 4 is 114 Å². The molecule has 0 spiro atoms. The number of fused-ring (bicyclic) bond motifs is 1. The van der Waals surface area contributed by atoms with E-state index in [9.17, 15) is 30.6 Å². The zero-order valence-corrected chi connectivity index (χ0v) is 34.3. The van der Waals surface area contributed by atoms with Crippen molar-refractivity contribution in [3.05, 3.63) is 130 Å². The summed E-state index contributed by atoms with van der Waals surface area (Å²) in [7, 11) is 0. The first-order chi connectivity index (χ1) is 26.7. The maximum atomic E-state index is 13.9. The second-order valence-electron chi connectivity index (χ2n) is 12.2. The molecule has 0 fully saturated rings. The summed E-state index contributed by atoms with van der Waals surface area (Å²) < 4.78 is 7.46. The van der Waals surface area contributed by atoms with Crippen LogP contribution in [-0.2, 0) is 0 Å². The quantitative estimate of drug-likeness (QED) is 0.161. The molecule has 0 radical (unpaired) electrons. The van der Waals surface area contributed by atoms with Crippen LogP contribution in [0.3, 0.4) is 0 Å². The van der Waals surface area contributed by atoms with Gasteiger partial charge in [0.15, 0.2) is 0 Å². The normalized spacial score (nSPS) is 14.2. The third-order valence-electron chi connectivity index (χ3n) is 8.45. The highest BCUT2D eigenvalue weighted by molar-refractivity contribution is 7.27. The van der Waals surface area contributed by atoms with Gasteiger partial charge in [0.05, 0.1) is 29.9 Å². The first-order valence-electron chi connectivity index (χ1n) is 16.4. The molecule has 0 unspecified atom stereocenters. The van der Waals surface area contributed by atoms with E-state index >= 15 is 0 Å². The summed E-state index contributed by atoms with van der Waals surface area (Å²) in [5.41, 5.74) is 1.15. The Hall–Kier alpha value is -5.52. The molecule has 2 amide bonds. The lowest BCUT2D eigenvalue weighted by atomic mass is 10.1. The summed E-state index contributed by atoms with van der Waals surface area (Å²) in [5.74, 6) is -0.531. The van der Waals surface area contributed by atoms with Crippen molar-refractivity contribution in [3.8, 4) is 43.8 Å². The number of nitriles is 4. The molecule has 7 nitrogen and oxygen atoms in total. The molecule has 0 aromatic carbocycles. The van der Waals surface area contributed by atoms with Gasteiger partial charge in [-0.05, 0) is 98.8 Å². The Morgan fingerprint density at radius 3 is 1.33 bits per heavy atom. The lowest BCUT2D eigenvalue weighted by Crippen LogP contribution is -2.36. The zero-order chi connectivity index (χ0) is 38.4. The topological polar surface area (TPSA) is 133 Å². The van der Waals surface area contributed by atoms with Crippen molar-refractivity contribution in [1.82, 2.24) is 4.90 Å². The van der Waals surface area contributed by atoms with Crippen LogP contribution in [0.5, 0.6) is 0 Å². The van der Waals surface area contributed by atoms with Crippen molar-refractivity contribution < 1.29 is 9.59 Å². The molecule has 0 saturated heterocycles. The average molecular weight is 840 g/mol. The van der Waals surface area contributed by atoms with Gasteiger partial charge in [0, 0.05) is 52.7 Å². The Balaban J connectivity index is 1.16. The maximum Gasteiger partial charge on any atom is 0.263 e. The SMILES string of the molecule is CC(C)N1C(=O)c2c(-c3ccc(/C=c4/cc/c(=c5/ccc(=C(C#N)C#N)s5)s4)s3)sc(-c3ccc(/C=c4/cc/c(=c5/ccc(=C(C#N)C#N)s5)s4)s3)c2C1=O. The van der Waals surface area contributed by atoms with Crippen molar-refractivity contribution in [2.45, 2.75) is 19.9 Å². The molecule has 0 atom stereocenters. The van der Waals surface area contributed by atoms with Crippen molar-refractivity contribution in [1.29, 1.82) is 21.0 Å². The predicted octanol–water partition coefficient (Wildman–Crippen LogP) is 8.08. The van der Waals surface area contributed by atoms with Gasteiger partial charge in [-0.15, -0.1) is 79.4 Å². The minimum atomic E-state index is -0.286.